The smallest absolute Gasteiger partial charge is 0.315 e. The predicted octanol–water partition coefficient (Wildman–Crippen LogP) is 3.51. The molecule has 1 aliphatic rings. The Hall–Kier alpha value is -0.970. The minimum absolute atomic E-state index is 0.0720. The van der Waals surface area contributed by atoms with E-state index in [-0.39, 0.29) is 18.7 Å². The van der Waals surface area contributed by atoms with Gasteiger partial charge < -0.3 is 15.7 Å². The van der Waals surface area contributed by atoms with Crippen LogP contribution in [0.15, 0.2) is 18.2 Å². The molecule has 6 heteroatoms. The Balaban J connectivity index is 2.00. The number of hydrogen-bond donors (Lipinski definition) is 3. The zero-order chi connectivity index (χ0) is 15.6. The molecule has 2 unspecified atom stereocenters. The molecule has 0 heterocycles. The molecule has 1 saturated carbocycles. The van der Waals surface area contributed by atoms with Gasteiger partial charge in [0.2, 0.25) is 0 Å². The van der Waals surface area contributed by atoms with Gasteiger partial charge in [0.1, 0.15) is 0 Å². The van der Waals surface area contributed by atoms with Crippen LogP contribution in [-0.4, -0.2) is 23.3 Å². The van der Waals surface area contributed by atoms with E-state index in [1.54, 1.807) is 12.1 Å². The van der Waals surface area contributed by atoms with E-state index in [4.69, 9.17) is 23.2 Å². The van der Waals surface area contributed by atoms with Crippen molar-refractivity contribution in [1.82, 2.24) is 10.6 Å². The molecule has 3 N–H and O–H groups in total. The first kappa shape index (κ1) is 16.4. The van der Waals surface area contributed by atoms with Crippen LogP contribution in [-0.2, 0) is 0 Å². The van der Waals surface area contributed by atoms with E-state index < -0.39 is 5.54 Å². The van der Waals surface area contributed by atoms with E-state index in [0.29, 0.717) is 16.0 Å². The molecule has 0 saturated heterocycles. The first-order valence-corrected chi connectivity index (χ1v) is 7.76. The fraction of sp³-hybridized carbons (Fsp3) is 0.533. The maximum atomic E-state index is 12.1. The van der Waals surface area contributed by atoms with E-state index >= 15 is 0 Å². The Morgan fingerprint density at radius 3 is 2.71 bits per heavy atom. The minimum Gasteiger partial charge on any atom is -0.394 e. The highest BCUT2D eigenvalue weighted by molar-refractivity contribution is 6.42. The topological polar surface area (TPSA) is 61.4 Å². The van der Waals surface area contributed by atoms with Gasteiger partial charge in [-0.2, -0.15) is 0 Å². The number of urea groups is 1. The number of benzene rings is 1. The van der Waals surface area contributed by atoms with Crippen molar-refractivity contribution in [2.75, 3.05) is 6.61 Å². The molecule has 4 nitrogen and oxygen atoms in total. The van der Waals surface area contributed by atoms with Gasteiger partial charge in [-0.25, -0.2) is 4.79 Å². The van der Waals surface area contributed by atoms with Gasteiger partial charge in [0.05, 0.1) is 28.2 Å². The molecule has 0 bridgehead atoms. The van der Waals surface area contributed by atoms with Crippen LogP contribution in [0.4, 0.5) is 4.79 Å². The Kier molecular flexibility index (Phi) is 5.02. The van der Waals surface area contributed by atoms with Crippen molar-refractivity contribution in [3.8, 4) is 0 Å². The molecule has 21 heavy (non-hydrogen) atoms. The summed E-state index contributed by atoms with van der Waals surface area (Å²) in [6, 6.07) is 4.73. The number of nitrogens with one attached hydrogen (secondary N) is 2. The summed E-state index contributed by atoms with van der Waals surface area (Å²) in [7, 11) is 0. The number of hydrogen-bond acceptors (Lipinski definition) is 2. The quantitative estimate of drug-likeness (QED) is 0.773. The lowest BCUT2D eigenvalue weighted by atomic mass is 9.97. The normalized spacial score (nSPS) is 18.7. The lowest BCUT2D eigenvalue weighted by Gasteiger charge is -2.29. The van der Waals surface area contributed by atoms with Crippen molar-refractivity contribution in [1.29, 1.82) is 0 Å². The fourth-order valence-corrected chi connectivity index (χ4v) is 2.89. The van der Waals surface area contributed by atoms with Gasteiger partial charge in [-0.05, 0) is 44.2 Å². The van der Waals surface area contributed by atoms with Crippen molar-refractivity contribution >= 4 is 29.2 Å². The average Bonchev–Trinajstić information content (AvgIpc) is 3.26. The Morgan fingerprint density at radius 1 is 1.48 bits per heavy atom. The zero-order valence-corrected chi connectivity index (χ0v) is 13.6. The molecule has 116 valence electrons. The second kappa shape index (κ2) is 6.42. The summed E-state index contributed by atoms with van der Waals surface area (Å²) < 4.78 is 0. The highest BCUT2D eigenvalue weighted by atomic mass is 35.5. The molecular formula is C15H20Cl2N2O2. The van der Waals surface area contributed by atoms with Crippen LogP contribution < -0.4 is 10.6 Å². The fourth-order valence-electron chi connectivity index (χ4n) is 2.42. The van der Waals surface area contributed by atoms with Gasteiger partial charge in [0.25, 0.3) is 0 Å². The second-order valence-electron chi connectivity index (χ2n) is 5.81. The van der Waals surface area contributed by atoms with Crippen LogP contribution >= 0.6 is 23.2 Å². The molecule has 0 radical (unpaired) electrons. The summed E-state index contributed by atoms with van der Waals surface area (Å²) in [6.45, 7) is 3.63. The van der Waals surface area contributed by atoms with Gasteiger partial charge in [-0.3, -0.25) is 0 Å². The maximum Gasteiger partial charge on any atom is 0.315 e. The standard InChI is InChI=1S/C15H20Cl2N2O2/c1-9(11-4-3-5-12(16)13(11)17)18-14(21)19-15(2,8-20)10-6-7-10/h3-5,9-10,20H,6-8H2,1-2H3,(H2,18,19,21). The van der Waals surface area contributed by atoms with Gasteiger partial charge in [0.15, 0.2) is 0 Å². The second-order valence-corrected chi connectivity index (χ2v) is 6.60. The Labute approximate surface area is 134 Å². The number of aliphatic hydroxyl groups excluding tert-OH is 1. The summed E-state index contributed by atoms with van der Waals surface area (Å²) in [4.78, 5) is 12.1. The third-order valence-corrected chi connectivity index (χ3v) is 4.84. The van der Waals surface area contributed by atoms with E-state index in [1.807, 2.05) is 19.9 Å². The molecule has 1 aromatic rings. The molecular weight excluding hydrogens is 311 g/mol. The molecule has 1 aromatic carbocycles. The summed E-state index contributed by atoms with van der Waals surface area (Å²) in [5.41, 5.74) is 0.193. The Bertz CT molecular complexity index is 534. The van der Waals surface area contributed by atoms with E-state index in [1.165, 1.54) is 0 Å². The van der Waals surface area contributed by atoms with Gasteiger partial charge in [-0.1, -0.05) is 35.3 Å². The highest BCUT2D eigenvalue weighted by Crippen LogP contribution is 2.39. The monoisotopic (exact) mass is 330 g/mol. The van der Waals surface area contributed by atoms with Crippen LogP contribution in [0.3, 0.4) is 0 Å². The van der Waals surface area contributed by atoms with Crippen LogP contribution in [0.5, 0.6) is 0 Å². The summed E-state index contributed by atoms with van der Waals surface area (Å²) >= 11 is 12.1. The minimum atomic E-state index is -0.568. The molecule has 1 fully saturated rings. The first-order chi connectivity index (χ1) is 9.87. The van der Waals surface area contributed by atoms with Crippen LogP contribution in [0, 0.1) is 5.92 Å². The molecule has 2 atom stereocenters. The first-order valence-electron chi connectivity index (χ1n) is 7.01. The number of aliphatic hydroxyl groups is 1. The third kappa shape index (κ3) is 3.82. The van der Waals surface area contributed by atoms with Crippen molar-refractivity contribution < 1.29 is 9.90 Å². The van der Waals surface area contributed by atoms with Crippen molar-refractivity contribution in [2.45, 2.75) is 38.3 Å². The number of carbonyl (C=O) groups is 1. The predicted molar refractivity (Wildman–Crippen MR) is 84.8 cm³/mol. The maximum absolute atomic E-state index is 12.1. The molecule has 0 aromatic heterocycles. The Morgan fingerprint density at radius 2 is 2.14 bits per heavy atom. The SMILES string of the molecule is CC(NC(=O)NC(C)(CO)C1CC1)c1cccc(Cl)c1Cl. The highest BCUT2D eigenvalue weighted by Gasteiger charge is 2.42. The molecule has 1 aliphatic carbocycles. The summed E-state index contributed by atoms with van der Waals surface area (Å²) in [5.74, 6) is 0.346. The van der Waals surface area contributed by atoms with Gasteiger partial charge in [-0.15, -0.1) is 0 Å². The van der Waals surface area contributed by atoms with Crippen LogP contribution in [0.1, 0.15) is 38.3 Å². The average molecular weight is 331 g/mol. The van der Waals surface area contributed by atoms with Crippen LogP contribution in [0.2, 0.25) is 10.0 Å². The van der Waals surface area contributed by atoms with E-state index in [0.717, 1.165) is 18.4 Å². The lowest BCUT2D eigenvalue weighted by Crippen LogP contribution is -2.54. The number of halogens is 2. The van der Waals surface area contributed by atoms with Crippen LogP contribution in [0.25, 0.3) is 0 Å². The van der Waals surface area contributed by atoms with E-state index in [2.05, 4.69) is 10.6 Å². The molecule has 0 aliphatic heterocycles. The van der Waals surface area contributed by atoms with E-state index in [9.17, 15) is 9.90 Å². The molecule has 0 spiro atoms. The third-order valence-electron chi connectivity index (χ3n) is 4.00. The lowest BCUT2D eigenvalue weighted by molar-refractivity contribution is 0.154. The summed E-state index contributed by atoms with van der Waals surface area (Å²) in [5, 5.41) is 16.1. The van der Waals surface area contributed by atoms with Gasteiger partial charge >= 0.3 is 6.03 Å². The summed E-state index contributed by atoms with van der Waals surface area (Å²) in [6.07, 6.45) is 2.07. The number of rotatable bonds is 5. The van der Waals surface area contributed by atoms with Crippen molar-refractivity contribution in [3.05, 3.63) is 33.8 Å². The van der Waals surface area contributed by atoms with Crippen molar-refractivity contribution in [3.63, 3.8) is 0 Å². The largest absolute Gasteiger partial charge is 0.394 e. The van der Waals surface area contributed by atoms with Crippen molar-refractivity contribution in [2.24, 2.45) is 5.92 Å². The zero-order valence-electron chi connectivity index (χ0n) is 12.1. The number of carbonyl (C=O) groups excluding carboxylic acids is 1. The number of amides is 2. The molecule has 2 rings (SSSR count). The molecule has 2 amide bonds. The van der Waals surface area contributed by atoms with Gasteiger partial charge in [0, 0.05) is 0 Å².